The molecule has 1 aliphatic heterocycles. The Morgan fingerprint density at radius 1 is 1.14 bits per heavy atom. The number of carbonyl (C=O) groups is 3. The molecule has 1 aliphatic rings. The van der Waals surface area contributed by atoms with Crippen LogP contribution in [0.1, 0.15) is 5.56 Å². The number of thioether (sulfide) groups is 1. The van der Waals surface area contributed by atoms with Crippen molar-refractivity contribution in [1.29, 1.82) is 0 Å². The molecule has 1 heterocycles. The normalized spacial score (nSPS) is 12.0. The molecule has 0 bridgehead atoms. The summed E-state index contributed by atoms with van der Waals surface area (Å²) in [6, 6.07) is 12.2. The zero-order valence-corrected chi connectivity index (χ0v) is 16.1. The number of esters is 1. The number of nitrogens with two attached hydrogens (primary N) is 1. The molecule has 0 saturated carbocycles. The molecule has 2 aromatic rings. The fourth-order valence-electron chi connectivity index (χ4n) is 2.40. The predicted molar refractivity (Wildman–Crippen MR) is 108 cm³/mol. The van der Waals surface area contributed by atoms with E-state index in [9.17, 15) is 14.4 Å². The van der Waals surface area contributed by atoms with Crippen LogP contribution in [0.5, 0.6) is 11.5 Å². The van der Waals surface area contributed by atoms with Crippen LogP contribution in [0.25, 0.3) is 6.08 Å². The van der Waals surface area contributed by atoms with Crippen LogP contribution >= 0.6 is 11.8 Å². The molecule has 150 valence electrons. The predicted octanol–water partition coefficient (Wildman–Crippen LogP) is 2.19. The molecule has 2 aromatic carbocycles. The van der Waals surface area contributed by atoms with Crippen LogP contribution in [0.3, 0.4) is 0 Å². The van der Waals surface area contributed by atoms with Gasteiger partial charge in [-0.2, -0.15) is 0 Å². The molecule has 0 aliphatic carbocycles. The summed E-state index contributed by atoms with van der Waals surface area (Å²) in [5.74, 6) is -0.272. The molecule has 9 heteroatoms. The molecule has 8 nitrogen and oxygen atoms in total. The molecule has 0 aromatic heterocycles. The lowest BCUT2D eigenvalue weighted by Gasteiger charge is -2.10. The molecule has 3 rings (SSSR count). The Balaban J connectivity index is 1.49. The minimum Gasteiger partial charge on any atom is -0.454 e. The van der Waals surface area contributed by atoms with E-state index in [4.69, 9.17) is 19.9 Å². The monoisotopic (exact) mass is 414 g/mol. The second-order valence-corrected chi connectivity index (χ2v) is 6.87. The number of ether oxygens (including phenoxy) is 3. The summed E-state index contributed by atoms with van der Waals surface area (Å²) in [6.07, 6.45) is 2.78. The van der Waals surface area contributed by atoms with Gasteiger partial charge < -0.3 is 25.3 Å². The summed E-state index contributed by atoms with van der Waals surface area (Å²) < 4.78 is 15.4. The number of carbonyl (C=O) groups excluding carboxylic acids is 3. The number of primary amides is 1. The fourth-order valence-corrected chi connectivity index (χ4v) is 3.14. The second-order valence-electron chi connectivity index (χ2n) is 5.85. The summed E-state index contributed by atoms with van der Waals surface area (Å²) in [4.78, 5) is 35.5. The van der Waals surface area contributed by atoms with Gasteiger partial charge in [0, 0.05) is 11.0 Å². The lowest BCUT2D eigenvalue weighted by molar-refractivity contribution is -0.142. The van der Waals surface area contributed by atoms with Crippen molar-refractivity contribution in [3.63, 3.8) is 0 Å². The minimum atomic E-state index is -0.658. The molecule has 3 N–H and O–H groups in total. The number of para-hydroxylation sites is 1. The highest BCUT2D eigenvalue weighted by Crippen LogP contribution is 2.32. The van der Waals surface area contributed by atoms with E-state index in [1.165, 1.54) is 17.8 Å². The van der Waals surface area contributed by atoms with Gasteiger partial charge in [0.15, 0.2) is 18.1 Å². The van der Waals surface area contributed by atoms with Crippen LogP contribution in [0, 0.1) is 0 Å². The van der Waals surface area contributed by atoms with Crippen molar-refractivity contribution in [2.75, 3.05) is 24.5 Å². The van der Waals surface area contributed by atoms with E-state index in [1.807, 2.05) is 0 Å². The first-order valence-corrected chi connectivity index (χ1v) is 9.54. The largest absolute Gasteiger partial charge is 0.454 e. The van der Waals surface area contributed by atoms with E-state index in [0.717, 1.165) is 5.56 Å². The lowest BCUT2D eigenvalue weighted by Crippen LogP contribution is -2.20. The van der Waals surface area contributed by atoms with Crippen LogP contribution in [0.4, 0.5) is 5.69 Å². The molecule has 2 amide bonds. The van der Waals surface area contributed by atoms with Gasteiger partial charge in [-0.3, -0.25) is 9.59 Å². The first-order valence-electron chi connectivity index (χ1n) is 8.56. The van der Waals surface area contributed by atoms with Crippen molar-refractivity contribution in [3.05, 3.63) is 54.1 Å². The SMILES string of the molecule is NC(=O)CSc1ccccc1NC(=O)COC(=O)/C=C/c1ccc2c(c1)OCO2. The Hall–Kier alpha value is -3.46. The summed E-state index contributed by atoms with van der Waals surface area (Å²) in [5, 5.41) is 2.65. The van der Waals surface area contributed by atoms with E-state index in [0.29, 0.717) is 22.1 Å². The van der Waals surface area contributed by atoms with Gasteiger partial charge in [0.1, 0.15) is 0 Å². The number of nitrogens with one attached hydrogen (secondary N) is 1. The Labute approximate surface area is 171 Å². The lowest BCUT2D eigenvalue weighted by atomic mass is 10.2. The average molecular weight is 414 g/mol. The van der Waals surface area contributed by atoms with Gasteiger partial charge in [-0.05, 0) is 35.9 Å². The highest BCUT2D eigenvalue weighted by molar-refractivity contribution is 8.00. The molecule has 29 heavy (non-hydrogen) atoms. The molecular weight excluding hydrogens is 396 g/mol. The summed E-state index contributed by atoms with van der Waals surface area (Å²) in [6.45, 7) is -0.275. The summed E-state index contributed by atoms with van der Waals surface area (Å²) in [5.41, 5.74) is 6.39. The van der Waals surface area contributed by atoms with Crippen LogP contribution in [0.15, 0.2) is 53.4 Å². The third-order valence-electron chi connectivity index (χ3n) is 3.69. The fraction of sp³-hybridized carbons (Fsp3) is 0.150. The van der Waals surface area contributed by atoms with Gasteiger partial charge in [0.2, 0.25) is 12.7 Å². The minimum absolute atomic E-state index is 0.0898. The van der Waals surface area contributed by atoms with Gasteiger partial charge in [-0.25, -0.2) is 4.79 Å². The molecule has 0 saturated heterocycles. The number of fused-ring (bicyclic) bond motifs is 1. The van der Waals surface area contributed by atoms with Crippen molar-refractivity contribution >= 4 is 41.3 Å². The molecule has 0 fully saturated rings. The first-order chi connectivity index (χ1) is 14.0. The van der Waals surface area contributed by atoms with Crippen molar-refractivity contribution in [1.82, 2.24) is 0 Å². The Morgan fingerprint density at radius 2 is 1.93 bits per heavy atom. The van der Waals surface area contributed by atoms with Crippen molar-refractivity contribution < 1.29 is 28.6 Å². The van der Waals surface area contributed by atoms with Gasteiger partial charge in [0.05, 0.1) is 11.4 Å². The zero-order chi connectivity index (χ0) is 20.6. The molecular formula is C20H18N2O6S. The van der Waals surface area contributed by atoms with Crippen LogP contribution in [-0.2, 0) is 19.1 Å². The van der Waals surface area contributed by atoms with E-state index in [2.05, 4.69) is 5.32 Å². The standard InChI is InChI=1S/C20H18N2O6S/c21-18(23)11-29-17-4-2-1-3-14(17)22-19(24)10-26-20(25)8-6-13-5-7-15-16(9-13)28-12-27-15/h1-9H,10-12H2,(H2,21,23)(H,22,24)/b8-6+. The van der Waals surface area contributed by atoms with Crippen molar-refractivity contribution in [2.24, 2.45) is 5.73 Å². The van der Waals surface area contributed by atoms with Gasteiger partial charge >= 0.3 is 5.97 Å². The Bertz CT molecular complexity index is 960. The highest BCUT2D eigenvalue weighted by Gasteiger charge is 2.13. The van der Waals surface area contributed by atoms with E-state index in [1.54, 1.807) is 48.5 Å². The number of anilines is 1. The maximum Gasteiger partial charge on any atom is 0.331 e. The number of benzene rings is 2. The first kappa shape index (κ1) is 20.3. The van der Waals surface area contributed by atoms with Crippen LogP contribution in [0.2, 0.25) is 0 Å². The second kappa shape index (κ2) is 9.65. The summed E-state index contributed by atoms with van der Waals surface area (Å²) in [7, 11) is 0. The highest BCUT2D eigenvalue weighted by atomic mass is 32.2. The number of hydrogen-bond acceptors (Lipinski definition) is 7. The van der Waals surface area contributed by atoms with Crippen molar-refractivity contribution in [2.45, 2.75) is 4.90 Å². The van der Waals surface area contributed by atoms with Crippen molar-refractivity contribution in [3.8, 4) is 11.5 Å². The van der Waals surface area contributed by atoms with E-state index in [-0.39, 0.29) is 12.5 Å². The Morgan fingerprint density at radius 3 is 2.76 bits per heavy atom. The van der Waals surface area contributed by atoms with E-state index >= 15 is 0 Å². The molecule has 0 unspecified atom stereocenters. The smallest absolute Gasteiger partial charge is 0.331 e. The van der Waals surface area contributed by atoms with Gasteiger partial charge in [-0.15, -0.1) is 11.8 Å². The zero-order valence-electron chi connectivity index (χ0n) is 15.3. The number of rotatable bonds is 8. The molecule has 0 spiro atoms. The maximum atomic E-state index is 12.1. The van der Waals surface area contributed by atoms with E-state index < -0.39 is 24.4 Å². The molecule has 0 radical (unpaired) electrons. The third-order valence-corrected chi connectivity index (χ3v) is 4.78. The number of hydrogen-bond donors (Lipinski definition) is 2. The van der Waals surface area contributed by atoms with Crippen LogP contribution in [-0.4, -0.2) is 36.9 Å². The topological polar surface area (TPSA) is 117 Å². The number of amides is 2. The van der Waals surface area contributed by atoms with Gasteiger partial charge in [-0.1, -0.05) is 18.2 Å². The quantitative estimate of drug-likeness (QED) is 0.386. The van der Waals surface area contributed by atoms with Crippen LogP contribution < -0.4 is 20.5 Å². The van der Waals surface area contributed by atoms with Gasteiger partial charge in [0.25, 0.3) is 5.91 Å². The maximum absolute atomic E-state index is 12.1. The Kier molecular flexibility index (Phi) is 6.75. The summed E-state index contributed by atoms with van der Waals surface area (Å²) >= 11 is 1.21. The molecule has 0 atom stereocenters. The third kappa shape index (κ3) is 6.01. The average Bonchev–Trinajstić information content (AvgIpc) is 3.18.